The maximum absolute atomic E-state index is 12.6. The summed E-state index contributed by atoms with van der Waals surface area (Å²) in [5.74, 6) is 0.615. The maximum Gasteiger partial charge on any atom is 0.255 e. The number of nitrogens with one attached hydrogen (secondary N) is 1. The van der Waals surface area contributed by atoms with Crippen LogP contribution in [0.1, 0.15) is 28.5 Å². The Hall–Kier alpha value is -2.88. The van der Waals surface area contributed by atoms with Gasteiger partial charge in [-0.1, -0.05) is 6.07 Å². The van der Waals surface area contributed by atoms with Gasteiger partial charge in [-0.3, -0.25) is 9.78 Å². The second-order valence-corrected chi connectivity index (χ2v) is 5.69. The Bertz CT molecular complexity index is 886. The summed E-state index contributed by atoms with van der Waals surface area (Å²) in [5, 5.41) is 3.97. The highest BCUT2D eigenvalue weighted by molar-refractivity contribution is 6.09. The number of pyridine rings is 1. The van der Waals surface area contributed by atoms with Gasteiger partial charge in [-0.2, -0.15) is 0 Å². The Kier molecular flexibility index (Phi) is 4.47. The highest BCUT2D eigenvalue weighted by atomic mass is 16.5. The van der Waals surface area contributed by atoms with E-state index in [1.807, 2.05) is 45.0 Å². The third kappa shape index (κ3) is 3.23. The monoisotopic (exact) mass is 320 g/mol. The van der Waals surface area contributed by atoms with Crippen LogP contribution in [0.2, 0.25) is 0 Å². The fourth-order valence-corrected chi connectivity index (χ4v) is 2.64. The van der Waals surface area contributed by atoms with Gasteiger partial charge in [-0.05, 0) is 68.8 Å². The smallest absolute Gasteiger partial charge is 0.255 e. The molecule has 1 amide bonds. The Labute approximate surface area is 141 Å². The summed E-state index contributed by atoms with van der Waals surface area (Å²) in [6.07, 6.45) is 0. The number of anilines is 1. The van der Waals surface area contributed by atoms with E-state index in [0.29, 0.717) is 12.2 Å². The molecule has 0 bridgehead atoms. The normalized spacial score (nSPS) is 10.6. The van der Waals surface area contributed by atoms with Crippen molar-refractivity contribution < 1.29 is 9.53 Å². The molecule has 0 unspecified atom stereocenters. The summed E-state index contributed by atoms with van der Waals surface area (Å²) in [6, 6.07) is 15.0. The molecular formula is C20H20N2O2. The van der Waals surface area contributed by atoms with Gasteiger partial charge < -0.3 is 10.1 Å². The molecule has 0 aliphatic carbocycles. The maximum atomic E-state index is 12.6. The van der Waals surface area contributed by atoms with Crippen LogP contribution in [0, 0.1) is 13.8 Å². The van der Waals surface area contributed by atoms with Crippen LogP contribution in [-0.4, -0.2) is 17.5 Å². The van der Waals surface area contributed by atoms with Crippen LogP contribution in [0.5, 0.6) is 5.75 Å². The van der Waals surface area contributed by atoms with Crippen LogP contribution >= 0.6 is 0 Å². The molecule has 3 rings (SSSR count). The van der Waals surface area contributed by atoms with Crippen LogP contribution in [0.15, 0.2) is 48.5 Å². The minimum atomic E-state index is -0.144. The minimum Gasteiger partial charge on any atom is -0.494 e. The molecule has 4 nitrogen and oxygen atoms in total. The fraction of sp³-hybridized carbons (Fsp3) is 0.200. The number of carbonyl (C=O) groups excluding carboxylic acids is 1. The number of amides is 1. The van der Waals surface area contributed by atoms with Crippen molar-refractivity contribution in [1.82, 2.24) is 4.98 Å². The van der Waals surface area contributed by atoms with E-state index in [2.05, 4.69) is 10.3 Å². The zero-order valence-corrected chi connectivity index (χ0v) is 14.1. The summed E-state index contributed by atoms with van der Waals surface area (Å²) in [4.78, 5) is 17.1. The zero-order valence-electron chi connectivity index (χ0n) is 14.1. The summed E-state index contributed by atoms with van der Waals surface area (Å²) < 4.78 is 5.41. The number of fused-ring (bicyclic) bond motifs is 1. The molecule has 1 heterocycles. The number of aromatic nitrogens is 1. The lowest BCUT2D eigenvalue weighted by atomic mass is 10.1. The molecule has 0 saturated carbocycles. The Morgan fingerprint density at radius 2 is 1.79 bits per heavy atom. The predicted molar refractivity (Wildman–Crippen MR) is 96.8 cm³/mol. The Morgan fingerprint density at radius 1 is 1.04 bits per heavy atom. The topological polar surface area (TPSA) is 51.2 Å². The average Bonchev–Trinajstić information content (AvgIpc) is 2.58. The molecule has 0 spiro atoms. The highest BCUT2D eigenvalue weighted by Gasteiger charge is 2.11. The van der Waals surface area contributed by atoms with Crippen LogP contribution in [0.4, 0.5) is 5.69 Å². The van der Waals surface area contributed by atoms with Crippen molar-refractivity contribution >= 4 is 22.5 Å². The van der Waals surface area contributed by atoms with Gasteiger partial charge >= 0.3 is 0 Å². The molecule has 0 aliphatic rings. The van der Waals surface area contributed by atoms with Crippen molar-refractivity contribution in [2.45, 2.75) is 20.8 Å². The Morgan fingerprint density at radius 3 is 2.50 bits per heavy atom. The van der Waals surface area contributed by atoms with Gasteiger partial charge in [-0.15, -0.1) is 0 Å². The van der Waals surface area contributed by atoms with E-state index in [9.17, 15) is 4.79 Å². The predicted octanol–water partition coefficient (Wildman–Crippen LogP) is 4.50. The standard InChI is InChI=1S/C20H20N2O2/c1-4-24-16-9-7-15(8-10-16)20(23)22-19-13(2)5-12-18-17(19)11-6-14(3)21-18/h5-12H,4H2,1-3H3,(H,22,23). The lowest BCUT2D eigenvalue weighted by molar-refractivity contribution is 0.102. The van der Waals surface area contributed by atoms with Crippen LogP contribution in [-0.2, 0) is 0 Å². The Balaban J connectivity index is 1.91. The molecule has 122 valence electrons. The van der Waals surface area contributed by atoms with Gasteiger partial charge in [0.2, 0.25) is 0 Å². The second kappa shape index (κ2) is 6.71. The van der Waals surface area contributed by atoms with E-state index in [4.69, 9.17) is 4.74 Å². The zero-order chi connectivity index (χ0) is 17.1. The SMILES string of the molecule is CCOc1ccc(C(=O)Nc2c(C)ccc3nc(C)ccc23)cc1. The molecule has 0 saturated heterocycles. The minimum absolute atomic E-state index is 0.144. The summed E-state index contributed by atoms with van der Waals surface area (Å²) >= 11 is 0. The number of ether oxygens (including phenoxy) is 1. The lowest BCUT2D eigenvalue weighted by Gasteiger charge is -2.12. The van der Waals surface area contributed by atoms with Crippen molar-refractivity contribution in [3.63, 3.8) is 0 Å². The number of hydrogen-bond donors (Lipinski definition) is 1. The number of aryl methyl sites for hydroxylation is 2. The third-order valence-corrected chi connectivity index (χ3v) is 3.88. The van der Waals surface area contributed by atoms with Gasteiger partial charge in [-0.25, -0.2) is 0 Å². The summed E-state index contributed by atoms with van der Waals surface area (Å²) in [7, 11) is 0. The molecule has 24 heavy (non-hydrogen) atoms. The first kappa shape index (κ1) is 16.0. The molecule has 0 fully saturated rings. The molecule has 3 aromatic rings. The van der Waals surface area contributed by atoms with Crippen molar-refractivity contribution in [3.8, 4) is 5.75 Å². The summed E-state index contributed by atoms with van der Waals surface area (Å²) in [6.45, 7) is 6.47. The van der Waals surface area contributed by atoms with Gasteiger partial charge in [0.1, 0.15) is 5.75 Å². The first-order valence-electron chi connectivity index (χ1n) is 7.99. The number of nitrogens with zero attached hydrogens (tertiary/aromatic N) is 1. The third-order valence-electron chi connectivity index (χ3n) is 3.88. The van der Waals surface area contributed by atoms with Crippen LogP contribution < -0.4 is 10.1 Å². The molecular weight excluding hydrogens is 300 g/mol. The van der Waals surface area contributed by atoms with Gasteiger partial charge in [0, 0.05) is 16.6 Å². The fourth-order valence-electron chi connectivity index (χ4n) is 2.64. The first-order valence-corrected chi connectivity index (χ1v) is 7.99. The van der Waals surface area contributed by atoms with E-state index in [1.54, 1.807) is 24.3 Å². The van der Waals surface area contributed by atoms with Crippen molar-refractivity contribution in [3.05, 3.63) is 65.4 Å². The molecule has 0 aliphatic heterocycles. The second-order valence-electron chi connectivity index (χ2n) is 5.69. The quantitative estimate of drug-likeness (QED) is 0.770. The van der Waals surface area contributed by atoms with E-state index >= 15 is 0 Å². The van der Waals surface area contributed by atoms with Crippen molar-refractivity contribution in [2.24, 2.45) is 0 Å². The van der Waals surface area contributed by atoms with Crippen LogP contribution in [0.25, 0.3) is 10.9 Å². The highest BCUT2D eigenvalue weighted by Crippen LogP contribution is 2.27. The molecule has 1 aromatic heterocycles. The molecule has 0 atom stereocenters. The van der Waals surface area contributed by atoms with Crippen LogP contribution in [0.3, 0.4) is 0 Å². The van der Waals surface area contributed by atoms with Crippen molar-refractivity contribution in [2.75, 3.05) is 11.9 Å². The largest absolute Gasteiger partial charge is 0.494 e. The number of hydrogen-bond acceptors (Lipinski definition) is 3. The number of carbonyl (C=O) groups is 1. The summed E-state index contributed by atoms with van der Waals surface area (Å²) in [5.41, 5.74) is 4.24. The van der Waals surface area contributed by atoms with E-state index in [1.165, 1.54) is 0 Å². The first-order chi connectivity index (χ1) is 11.6. The van der Waals surface area contributed by atoms with E-state index in [-0.39, 0.29) is 5.91 Å². The van der Waals surface area contributed by atoms with E-state index in [0.717, 1.165) is 33.6 Å². The molecule has 2 aromatic carbocycles. The van der Waals surface area contributed by atoms with Crippen molar-refractivity contribution in [1.29, 1.82) is 0 Å². The van der Waals surface area contributed by atoms with Gasteiger partial charge in [0.05, 0.1) is 17.8 Å². The molecule has 1 N–H and O–H groups in total. The van der Waals surface area contributed by atoms with Gasteiger partial charge in [0.25, 0.3) is 5.91 Å². The average molecular weight is 320 g/mol. The number of benzene rings is 2. The molecule has 0 radical (unpaired) electrons. The van der Waals surface area contributed by atoms with Gasteiger partial charge in [0.15, 0.2) is 0 Å². The number of rotatable bonds is 4. The van der Waals surface area contributed by atoms with E-state index < -0.39 is 0 Å². The lowest BCUT2D eigenvalue weighted by Crippen LogP contribution is -2.13. The molecule has 4 heteroatoms.